The van der Waals surface area contributed by atoms with Crippen LogP contribution in [0.1, 0.15) is 12.0 Å². The number of nitrogens with zero attached hydrogens (tertiary/aromatic N) is 2. The summed E-state index contributed by atoms with van der Waals surface area (Å²) in [6.07, 6.45) is 4.24. The van der Waals surface area contributed by atoms with Gasteiger partial charge in [0.2, 0.25) is 5.91 Å². The average molecular weight is 345 g/mol. The van der Waals surface area contributed by atoms with E-state index >= 15 is 0 Å². The molecule has 25 heavy (non-hydrogen) atoms. The van der Waals surface area contributed by atoms with Gasteiger partial charge in [0.15, 0.2) is 5.75 Å². The van der Waals surface area contributed by atoms with Crippen molar-refractivity contribution in [3.8, 4) is 11.5 Å². The minimum absolute atomic E-state index is 0.0267. The number of hydrogen-bond acceptors (Lipinski definition) is 5. The van der Waals surface area contributed by atoms with Crippen LogP contribution in [0.15, 0.2) is 36.7 Å². The van der Waals surface area contributed by atoms with Gasteiger partial charge in [0.05, 0.1) is 38.8 Å². The summed E-state index contributed by atoms with van der Waals surface area (Å²) in [7, 11) is 3.46. The van der Waals surface area contributed by atoms with E-state index in [1.54, 1.807) is 24.2 Å². The van der Waals surface area contributed by atoms with Crippen molar-refractivity contribution in [2.45, 2.75) is 25.0 Å². The molecule has 2 heterocycles. The minimum Gasteiger partial charge on any atom is -0.496 e. The van der Waals surface area contributed by atoms with Crippen LogP contribution in [-0.4, -0.2) is 48.2 Å². The van der Waals surface area contributed by atoms with Gasteiger partial charge in [-0.3, -0.25) is 9.48 Å². The zero-order valence-corrected chi connectivity index (χ0v) is 14.5. The van der Waals surface area contributed by atoms with Crippen LogP contribution in [0.4, 0.5) is 0 Å². The number of benzene rings is 1. The largest absolute Gasteiger partial charge is 0.496 e. The maximum Gasteiger partial charge on any atom is 0.220 e. The summed E-state index contributed by atoms with van der Waals surface area (Å²) in [5.41, 5.74) is 1.02. The topological polar surface area (TPSA) is 74.6 Å². The highest BCUT2D eigenvalue weighted by molar-refractivity contribution is 5.76. The van der Waals surface area contributed by atoms with Crippen molar-refractivity contribution in [1.29, 1.82) is 0 Å². The molecule has 1 aromatic heterocycles. The van der Waals surface area contributed by atoms with Crippen LogP contribution in [0.25, 0.3) is 0 Å². The Morgan fingerprint density at radius 2 is 2.24 bits per heavy atom. The Kier molecular flexibility index (Phi) is 5.55. The molecule has 1 saturated heterocycles. The van der Waals surface area contributed by atoms with Crippen molar-refractivity contribution in [1.82, 2.24) is 15.1 Å². The Morgan fingerprint density at radius 3 is 3.00 bits per heavy atom. The monoisotopic (exact) mass is 345 g/mol. The number of methoxy groups -OCH3 is 1. The van der Waals surface area contributed by atoms with Gasteiger partial charge in [0, 0.05) is 13.5 Å². The normalized spacial score (nSPS) is 19.6. The average Bonchev–Trinajstić information content (AvgIpc) is 3.22. The van der Waals surface area contributed by atoms with E-state index in [0.29, 0.717) is 31.8 Å². The van der Waals surface area contributed by atoms with Gasteiger partial charge in [0.25, 0.3) is 0 Å². The quantitative estimate of drug-likeness (QED) is 0.819. The van der Waals surface area contributed by atoms with Crippen molar-refractivity contribution in [2.75, 3.05) is 20.3 Å². The molecule has 3 rings (SSSR count). The smallest absolute Gasteiger partial charge is 0.220 e. The molecule has 1 N–H and O–H groups in total. The van der Waals surface area contributed by atoms with E-state index in [2.05, 4.69) is 10.4 Å². The first-order chi connectivity index (χ1) is 12.2. The predicted octanol–water partition coefficient (Wildman–Crippen LogP) is 1.32. The van der Waals surface area contributed by atoms with Crippen molar-refractivity contribution < 1.29 is 19.0 Å². The maximum atomic E-state index is 12.3. The van der Waals surface area contributed by atoms with Gasteiger partial charge in [0.1, 0.15) is 11.9 Å². The number of carbonyl (C=O) groups is 1. The molecule has 1 aliphatic rings. The second-order valence-corrected chi connectivity index (χ2v) is 6.03. The van der Waals surface area contributed by atoms with Gasteiger partial charge >= 0.3 is 0 Å². The first-order valence-corrected chi connectivity index (χ1v) is 8.30. The number of nitrogens with one attached hydrogen (secondary N) is 1. The number of carbonyl (C=O) groups excluding carboxylic acids is 1. The first kappa shape index (κ1) is 17.3. The highest BCUT2D eigenvalue weighted by Gasteiger charge is 2.31. The Labute approximate surface area is 146 Å². The summed E-state index contributed by atoms with van der Waals surface area (Å²) in [4.78, 5) is 12.3. The maximum absolute atomic E-state index is 12.3. The van der Waals surface area contributed by atoms with Crippen molar-refractivity contribution in [2.24, 2.45) is 7.05 Å². The van der Waals surface area contributed by atoms with Crippen molar-refractivity contribution in [3.63, 3.8) is 0 Å². The lowest BCUT2D eigenvalue weighted by Crippen LogP contribution is -2.45. The molecule has 7 heteroatoms. The van der Waals surface area contributed by atoms with E-state index in [9.17, 15) is 4.79 Å². The Morgan fingerprint density at radius 1 is 1.40 bits per heavy atom. The summed E-state index contributed by atoms with van der Waals surface area (Å²) >= 11 is 0. The molecular weight excluding hydrogens is 322 g/mol. The molecule has 0 saturated carbocycles. The first-order valence-electron chi connectivity index (χ1n) is 8.30. The van der Waals surface area contributed by atoms with Crippen LogP contribution in [0.2, 0.25) is 0 Å². The zero-order chi connectivity index (χ0) is 17.6. The van der Waals surface area contributed by atoms with Gasteiger partial charge in [-0.25, -0.2) is 0 Å². The highest BCUT2D eigenvalue weighted by atomic mass is 16.5. The number of para-hydroxylation sites is 1. The Balaban J connectivity index is 1.51. The van der Waals surface area contributed by atoms with E-state index in [1.165, 1.54) is 0 Å². The summed E-state index contributed by atoms with van der Waals surface area (Å²) in [5, 5.41) is 7.08. The lowest BCUT2D eigenvalue weighted by atomic mass is 10.1. The van der Waals surface area contributed by atoms with Gasteiger partial charge < -0.3 is 19.5 Å². The fourth-order valence-corrected chi connectivity index (χ4v) is 2.86. The second-order valence-electron chi connectivity index (χ2n) is 6.03. The number of aryl methyl sites for hydroxylation is 2. The minimum atomic E-state index is -0.209. The van der Waals surface area contributed by atoms with E-state index in [0.717, 1.165) is 11.3 Å². The molecule has 0 unspecified atom stereocenters. The van der Waals surface area contributed by atoms with Gasteiger partial charge in [-0.15, -0.1) is 0 Å². The summed E-state index contributed by atoms with van der Waals surface area (Å²) in [6.45, 7) is 0.900. The van der Waals surface area contributed by atoms with Gasteiger partial charge in [-0.05, 0) is 18.1 Å². The number of rotatable bonds is 7. The molecule has 1 aliphatic heterocycles. The van der Waals surface area contributed by atoms with Crippen LogP contribution in [0, 0.1) is 0 Å². The van der Waals surface area contributed by atoms with Crippen LogP contribution in [0.5, 0.6) is 11.5 Å². The molecule has 7 nitrogen and oxygen atoms in total. The lowest BCUT2D eigenvalue weighted by Gasteiger charge is -2.19. The molecule has 1 amide bonds. The number of hydrogen-bond donors (Lipinski definition) is 1. The van der Waals surface area contributed by atoms with Crippen LogP contribution in [0.3, 0.4) is 0 Å². The van der Waals surface area contributed by atoms with Crippen molar-refractivity contribution in [3.05, 3.63) is 42.2 Å². The zero-order valence-electron chi connectivity index (χ0n) is 14.5. The summed E-state index contributed by atoms with van der Waals surface area (Å²) in [5.74, 6) is 1.45. The Bertz CT molecular complexity index is 716. The van der Waals surface area contributed by atoms with E-state index in [1.807, 2.05) is 31.3 Å². The number of ether oxygens (including phenoxy) is 3. The van der Waals surface area contributed by atoms with Gasteiger partial charge in [-0.2, -0.15) is 5.10 Å². The number of aromatic nitrogens is 2. The molecule has 0 aliphatic carbocycles. The Hall–Kier alpha value is -2.54. The predicted molar refractivity (Wildman–Crippen MR) is 91.7 cm³/mol. The van der Waals surface area contributed by atoms with E-state index < -0.39 is 0 Å². The third kappa shape index (κ3) is 4.51. The molecule has 1 fully saturated rings. The van der Waals surface area contributed by atoms with E-state index in [-0.39, 0.29) is 18.1 Å². The second kappa shape index (κ2) is 8.02. The SMILES string of the molecule is COc1ccccc1CCC(=O)N[C@H]1COC[C@H]1Oc1cnn(C)c1. The van der Waals surface area contributed by atoms with Crippen molar-refractivity contribution >= 4 is 5.91 Å². The third-order valence-corrected chi connectivity index (χ3v) is 4.16. The molecular formula is C18H23N3O4. The standard InChI is InChI=1S/C18H23N3O4/c1-21-10-14(9-19-21)25-17-12-24-11-15(17)20-18(22)8-7-13-5-3-4-6-16(13)23-2/h3-6,9-10,15,17H,7-8,11-12H2,1-2H3,(H,20,22)/t15-,17+/m0/s1. The molecule has 0 spiro atoms. The van der Waals surface area contributed by atoms with Crippen LogP contribution >= 0.6 is 0 Å². The molecule has 2 atom stereocenters. The van der Waals surface area contributed by atoms with Crippen LogP contribution < -0.4 is 14.8 Å². The third-order valence-electron chi connectivity index (χ3n) is 4.16. The molecule has 0 bridgehead atoms. The molecule has 1 aromatic carbocycles. The molecule has 2 aromatic rings. The van der Waals surface area contributed by atoms with Crippen LogP contribution in [-0.2, 0) is 23.0 Å². The summed E-state index contributed by atoms with van der Waals surface area (Å²) in [6, 6.07) is 7.57. The van der Waals surface area contributed by atoms with E-state index in [4.69, 9.17) is 14.2 Å². The fourth-order valence-electron chi connectivity index (χ4n) is 2.86. The summed E-state index contributed by atoms with van der Waals surface area (Å²) < 4.78 is 18.3. The molecule has 0 radical (unpaired) electrons. The fraction of sp³-hybridized carbons (Fsp3) is 0.444. The number of amides is 1. The highest BCUT2D eigenvalue weighted by Crippen LogP contribution is 2.19. The lowest BCUT2D eigenvalue weighted by molar-refractivity contribution is -0.122. The molecule has 134 valence electrons. The van der Waals surface area contributed by atoms with Gasteiger partial charge in [-0.1, -0.05) is 18.2 Å².